The minimum atomic E-state index is -0.949. The van der Waals surface area contributed by atoms with Crippen LogP contribution in [0.3, 0.4) is 0 Å². The second-order valence-corrected chi connectivity index (χ2v) is 4.46. The number of carbonyl (C=O) groups is 1. The molecule has 1 aliphatic heterocycles. The minimum Gasteiger partial charge on any atom is -0.504 e. The number of nitrogens with zero attached hydrogens (tertiary/aromatic N) is 1. The molecule has 1 aromatic carbocycles. The van der Waals surface area contributed by atoms with Crippen molar-refractivity contribution in [3.05, 3.63) is 23.8 Å². The molecule has 90 valence electrons. The molecule has 1 heterocycles. The lowest BCUT2D eigenvalue weighted by molar-refractivity contribution is -0.137. The fourth-order valence-electron chi connectivity index (χ4n) is 1.51. The number of phenols is 1. The van der Waals surface area contributed by atoms with E-state index in [-0.39, 0.29) is 5.75 Å². The van der Waals surface area contributed by atoms with Gasteiger partial charge in [0.2, 0.25) is 0 Å². The van der Waals surface area contributed by atoms with Gasteiger partial charge in [-0.05, 0) is 12.1 Å². The number of carboxylic acid groups (broad SMARTS) is 1. The zero-order chi connectivity index (χ0) is 12.4. The summed E-state index contributed by atoms with van der Waals surface area (Å²) in [4.78, 5) is 14.8. The molecule has 0 saturated heterocycles. The maximum Gasteiger partial charge on any atom is 0.329 e. The number of para-hydroxylation sites is 1. The lowest BCUT2D eigenvalue weighted by atomic mass is 10.2. The number of aliphatic imine (C=N–C) groups is 1. The summed E-state index contributed by atoms with van der Waals surface area (Å²) in [5.41, 5.74) is 0.512. The first-order chi connectivity index (χ1) is 8.13. The van der Waals surface area contributed by atoms with E-state index < -0.39 is 12.0 Å². The maximum absolute atomic E-state index is 10.8. The van der Waals surface area contributed by atoms with Crippen molar-refractivity contribution >= 4 is 22.8 Å². The molecule has 0 bridgehead atoms. The molecule has 0 fully saturated rings. The summed E-state index contributed by atoms with van der Waals surface area (Å²) < 4.78 is 4.99. The van der Waals surface area contributed by atoms with Crippen molar-refractivity contribution in [2.75, 3.05) is 12.9 Å². The highest BCUT2D eigenvalue weighted by Gasteiger charge is 2.26. The van der Waals surface area contributed by atoms with Crippen LogP contribution >= 0.6 is 11.8 Å². The molecule has 0 saturated carbocycles. The molecule has 1 atom stereocenters. The second kappa shape index (κ2) is 4.67. The first-order valence-corrected chi connectivity index (χ1v) is 5.91. The fourth-order valence-corrected chi connectivity index (χ4v) is 2.56. The number of benzene rings is 1. The van der Waals surface area contributed by atoms with Gasteiger partial charge in [-0.25, -0.2) is 4.79 Å². The summed E-state index contributed by atoms with van der Waals surface area (Å²) in [6.45, 7) is 0. The molecule has 1 aliphatic rings. The Labute approximate surface area is 102 Å². The zero-order valence-corrected chi connectivity index (χ0v) is 9.90. The van der Waals surface area contributed by atoms with Gasteiger partial charge >= 0.3 is 5.97 Å². The SMILES string of the molecule is COc1cccc(C2=N[C@@H](C(=O)O)CS2)c1O. The Kier molecular flexibility index (Phi) is 3.23. The zero-order valence-electron chi connectivity index (χ0n) is 9.08. The lowest BCUT2D eigenvalue weighted by Crippen LogP contribution is -2.17. The Bertz CT molecular complexity index is 486. The summed E-state index contributed by atoms with van der Waals surface area (Å²) in [6, 6.07) is 4.31. The summed E-state index contributed by atoms with van der Waals surface area (Å²) in [5, 5.41) is 19.3. The molecule has 17 heavy (non-hydrogen) atoms. The maximum atomic E-state index is 10.8. The summed E-state index contributed by atoms with van der Waals surface area (Å²) in [6.07, 6.45) is 0. The average Bonchev–Trinajstić information content (AvgIpc) is 2.78. The molecule has 0 unspecified atom stereocenters. The van der Waals surface area contributed by atoms with Crippen LogP contribution in [0, 0.1) is 0 Å². The normalized spacial score (nSPS) is 18.9. The Morgan fingerprint density at radius 1 is 1.59 bits per heavy atom. The van der Waals surface area contributed by atoms with Gasteiger partial charge < -0.3 is 14.9 Å². The number of hydrogen-bond acceptors (Lipinski definition) is 5. The third kappa shape index (κ3) is 2.21. The van der Waals surface area contributed by atoms with Crippen LogP contribution in [-0.2, 0) is 4.79 Å². The first kappa shape index (κ1) is 11.8. The molecule has 0 aromatic heterocycles. The van der Waals surface area contributed by atoms with Gasteiger partial charge in [-0.1, -0.05) is 6.07 Å². The van der Waals surface area contributed by atoms with E-state index in [1.807, 2.05) is 0 Å². The number of aromatic hydroxyl groups is 1. The van der Waals surface area contributed by atoms with Crippen molar-refractivity contribution in [1.82, 2.24) is 0 Å². The quantitative estimate of drug-likeness (QED) is 0.850. The van der Waals surface area contributed by atoms with E-state index in [1.165, 1.54) is 18.9 Å². The lowest BCUT2D eigenvalue weighted by Gasteiger charge is -2.07. The molecule has 2 rings (SSSR count). The van der Waals surface area contributed by atoms with E-state index in [1.54, 1.807) is 18.2 Å². The van der Waals surface area contributed by atoms with E-state index in [9.17, 15) is 9.90 Å². The Balaban J connectivity index is 2.36. The highest BCUT2D eigenvalue weighted by atomic mass is 32.2. The molecular formula is C11H11NO4S. The molecule has 0 amide bonds. The summed E-state index contributed by atoms with van der Waals surface area (Å²) in [5.74, 6) is -0.215. The van der Waals surface area contributed by atoms with Gasteiger partial charge in [-0.2, -0.15) is 0 Å². The van der Waals surface area contributed by atoms with Crippen LogP contribution in [0.1, 0.15) is 5.56 Å². The summed E-state index contributed by atoms with van der Waals surface area (Å²) in [7, 11) is 1.46. The predicted octanol–water partition coefficient (Wildman–Crippen LogP) is 1.35. The Morgan fingerprint density at radius 3 is 2.94 bits per heavy atom. The molecule has 0 spiro atoms. The van der Waals surface area contributed by atoms with Crippen molar-refractivity contribution in [2.45, 2.75) is 6.04 Å². The van der Waals surface area contributed by atoms with E-state index >= 15 is 0 Å². The van der Waals surface area contributed by atoms with Crippen LogP contribution in [0.4, 0.5) is 0 Å². The number of methoxy groups -OCH3 is 1. The monoisotopic (exact) mass is 253 g/mol. The van der Waals surface area contributed by atoms with Gasteiger partial charge in [0.15, 0.2) is 17.5 Å². The van der Waals surface area contributed by atoms with Gasteiger partial charge in [-0.15, -0.1) is 11.8 Å². The van der Waals surface area contributed by atoms with Gasteiger partial charge in [0.05, 0.1) is 12.7 Å². The predicted molar refractivity (Wildman–Crippen MR) is 65.1 cm³/mol. The number of phenolic OH excluding ortho intramolecular Hbond substituents is 1. The number of aliphatic carboxylic acids is 1. The van der Waals surface area contributed by atoms with E-state index in [4.69, 9.17) is 9.84 Å². The molecule has 2 N–H and O–H groups in total. The van der Waals surface area contributed by atoms with Crippen LogP contribution in [-0.4, -0.2) is 40.1 Å². The van der Waals surface area contributed by atoms with Crippen molar-refractivity contribution in [1.29, 1.82) is 0 Å². The van der Waals surface area contributed by atoms with E-state index in [0.29, 0.717) is 22.1 Å². The van der Waals surface area contributed by atoms with Gasteiger partial charge in [0, 0.05) is 5.75 Å². The minimum absolute atomic E-state index is 0.00714. The van der Waals surface area contributed by atoms with E-state index in [0.717, 1.165) is 0 Å². The number of carboxylic acids is 1. The highest BCUT2D eigenvalue weighted by Crippen LogP contribution is 2.34. The van der Waals surface area contributed by atoms with Crippen molar-refractivity contribution in [3.63, 3.8) is 0 Å². The molecule has 0 radical (unpaired) electrons. The van der Waals surface area contributed by atoms with Crippen LogP contribution in [0.2, 0.25) is 0 Å². The average molecular weight is 253 g/mol. The van der Waals surface area contributed by atoms with Crippen LogP contribution < -0.4 is 4.74 Å². The van der Waals surface area contributed by atoms with E-state index in [2.05, 4.69) is 4.99 Å². The standard InChI is InChI=1S/C11H11NO4S/c1-16-8-4-2-3-6(9(8)13)10-12-7(5-17-10)11(14)15/h2-4,7,13H,5H2,1H3,(H,14,15)/t7-/m1/s1. The fraction of sp³-hybridized carbons (Fsp3) is 0.273. The number of thioether (sulfide) groups is 1. The molecule has 5 nitrogen and oxygen atoms in total. The van der Waals surface area contributed by atoms with Crippen molar-refractivity contribution < 1.29 is 19.7 Å². The number of hydrogen-bond donors (Lipinski definition) is 2. The second-order valence-electron chi connectivity index (χ2n) is 3.46. The van der Waals surface area contributed by atoms with Gasteiger partial charge in [0.25, 0.3) is 0 Å². The molecular weight excluding hydrogens is 242 g/mol. The Morgan fingerprint density at radius 2 is 2.35 bits per heavy atom. The topological polar surface area (TPSA) is 79.1 Å². The van der Waals surface area contributed by atoms with Crippen molar-refractivity contribution in [2.24, 2.45) is 4.99 Å². The van der Waals surface area contributed by atoms with Crippen molar-refractivity contribution in [3.8, 4) is 11.5 Å². The van der Waals surface area contributed by atoms with Gasteiger partial charge in [0.1, 0.15) is 5.04 Å². The third-order valence-corrected chi connectivity index (χ3v) is 3.47. The first-order valence-electron chi connectivity index (χ1n) is 4.93. The molecule has 0 aliphatic carbocycles. The van der Waals surface area contributed by atoms with Crippen LogP contribution in [0.25, 0.3) is 0 Å². The number of rotatable bonds is 3. The largest absolute Gasteiger partial charge is 0.504 e. The summed E-state index contributed by atoms with van der Waals surface area (Å²) >= 11 is 1.32. The smallest absolute Gasteiger partial charge is 0.329 e. The number of ether oxygens (including phenoxy) is 1. The Hall–Kier alpha value is -1.69. The van der Waals surface area contributed by atoms with Crippen LogP contribution in [0.5, 0.6) is 11.5 Å². The molecule has 1 aromatic rings. The highest BCUT2D eigenvalue weighted by molar-refractivity contribution is 8.14. The van der Waals surface area contributed by atoms with Gasteiger partial charge in [-0.3, -0.25) is 4.99 Å². The molecule has 6 heteroatoms. The van der Waals surface area contributed by atoms with Crippen LogP contribution in [0.15, 0.2) is 23.2 Å². The third-order valence-electron chi connectivity index (χ3n) is 2.39.